The first-order valence-electron chi connectivity index (χ1n) is 6.96. The molecule has 0 aliphatic rings. The predicted octanol–water partition coefficient (Wildman–Crippen LogP) is 4.81. The molecule has 4 heteroatoms. The number of nitrogens with zero attached hydrogens (tertiary/aromatic N) is 1. The molecule has 3 aromatic rings. The lowest BCUT2D eigenvalue weighted by Gasteiger charge is -2.14. The molecule has 0 saturated carbocycles. The average Bonchev–Trinajstić information content (AvgIpc) is 2.54. The maximum absolute atomic E-state index is 12.3. The fourth-order valence-corrected chi connectivity index (χ4v) is 2.56. The largest absolute Gasteiger partial charge is 0.453 e. The Morgan fingerprint density at radius 2 is 1.77 bits per heavy atom. The van der Waals surface area contributed by atoms with Crippen LogP contribution < -0.4 is 0 Å². The summed E-state index contributed by atoms with van der Waals surface area (Å²) in [5.74, 6) is -0.460. The molecule has 1 unspecified atom stereocenters. The van der Waals surface area contributed by atoms with Gasteiger partial charge in [-0.2, -0.15) is 0 Å². The van der Waals surface area contributed by atoms with Crippen molar-refractivity contribution < 1.29 is 9.53 Å². The lowest BCUT2D eigenvalue weighted by atomic mass is 10.1. The standard InChI is InChI=1S/C18H14ClNO2/c1-12(14-7-3-4-8-15(14)19)22-18(21)17-11-10-13-6-2-5-9-16(13)20-17/h2-12H,1H3. The predicted molar refractivity (Wildman–Crippen MR) is 87.0 cm³/mol. The number of pyridine rings is 1. The van der Waals surface area contributed by atoms with Gasteiger partial charge in [0, 0.05) is 16.0 Å². The van der Waals surface area contributed by atoms with Crippen LogP contribution in [-0.2, 0) is 4.74 Å². The van der Waals surface area contributed by atoms with E-state index < -0.39 is 12.1 Å². The molecule has 0 aliphatic heterocycles. The number of hydrogen-bond acceptors (Lipinski definition) is 3. The van der Waals surface area contributed by atoms with Gasteiger partial charge in [-0.25, -0.2) is 9.78 Å². The molecule has 2 aromatic carbocycles. The third kappa shape index (κ3) is 2.95. The summed E-state index contributed by atoms with van der Waals surface area (Å²) >= 11 is 6.12. The minimum atomic E-state index is -0.460. The topological polar surface area (TPSA) is 39.2 Å². The summed E-state index contributed by atoms with van der Waals surface area (Å²) in [5, 5.41) is 1.56. The molecule has 1 aromatic heterocycles. The number of rotatable bonds is 3. The van der Waals surface area contributed by atoms with Crippen LogP contribution in [0.3, 0.4) is 0 Å². The monoisotopic (exact) mass is 311 g/mol. The zero-order chi connectivity index (χ0) is 15.5. The highest BCUT2D eigenvalue weighted by Gasteiger charge is 2.17. The number of fused-ring (bicyclic) bond motifs is 1. The third-order valence-electron chi connectivity index (χ3n) is 3.43. The molecule has 3 rings (SSSR count). The Kier molecular flexibility index (Phi) is 4.07. The Labute approximate surface area is 133 Å². The zero-order valence-electron chi connectivity index (χ0n) is 12.0. The fourth-order valence-electron chi connectivity index (χ4n) is 2.27. The summed E-state index contributed by atoms with van der Waals surface area (Å²) in [6.45, 7) is 1.79. The Morgan fingerprint density at radius 3 is 2.59 bits per heavy atom. The minimum Gasteiger partial charge on any atom is -0.453 e. The van der Waals surface area contributed by atoms with E-state index in [2.05, 4.69) is 4.98 Å². The zero-order valence-corrected chi connectivity index (χ0v) is 12.7. The molecular formula is C18H14ClNO2. The second kappa shape index (κ2) is 6.16. The Hall–Kier alpha value is -2.39. The van der Waals surface area contributed by atoms with Gasteiger partial charge in [-0.05, 0) is 25.1 Å². The first kappa shape index (κ1) is 14.5. The van der Waals surface area contributed by atoms with Gasteiger partial charge in [-0.3, -0.25) is 0 Å². The van der Waals surface area contributed by atoms with Crippen LogP contribution >= 0.6 is 11.6 Å². The number of aromatic nitrogens is 1. The Bertz CT molecular complexity index is 832. The molecule has 22 heavy (non-hydrogen) atoms. The van der Waals surface area contributed by atoms with Gasteiger partial charge < -0.3 is 4.74 Å². The first-order chi connectivity index (χ1) is 10.6. The molecule has 3 nitrogen and oxygen atoms in total. The number of benzene rings is 2. The van der Waals surface area contributed by atoms with Gasteiger partial charge >= 0.3 is 5.97 Å². The molecule has 0 fully saturated rings. The van der Waals surface area contributed by atoms with E-state index in [-0.39, 0.29) is 5.69 Å². The third-order valence-corrected chi connectivity index (χ3v) is 3.78. The van der Waals surface area contributed by atoms with Crippen LogP contribution in [0.4, 0.5) is 0 Å². The highest BCUT2D eigenvalue weighted by molar-refractivity contribution is 6.31. The van der Waals surface area contributed by atoms with E-state index in [1.165, 1.54) is 0 Å². The number of carbonyl (C=O) groups is 1. The summed E-state index contributed by atoms with van der Waals surface area (Å²) < 4.78 is 5.47. The van der Waals surface area contributed by atoms with Gasteiger partial charge in [0.2, 0.25) is 0 Å². The first-order valence-corrected chi connectivity index (χ1v) is 7.34. The quantitative estimate of drug-likeness (QED) is 0.652. The van der Waals surface area contributed by atoms with Crippen molar-refractivity contribution in [2.45, 2.75) is 13.0 Å². The molecule has 110 valence electrons. The summed E-state index contributed by atoms with van der Waals surface area (Å²) in [5.41, 5.74) is 1.83. The van der Waals surface area contributed by atoms with Crippen molar-refractivity contribution in [1.29, 1.82) is 0 Å². The molecule has 1 heterocycles. The number of hydrogen-bond donors (Lipinski definition) is 0. The summed E-state index contributed by atoms with van der Waals surface area (Å²) in [4.78, 5) is 16.6. The van der Waals surface area contributed by atoms with Gasteiger partial charge in [0.05, 0.1) is 5.52 Å². The van der Waals surface area contributed by atoms with Crippen LogP contribution in [0.15, 0.2) is 60.7 Å². The maximum Gasteiger partial charge on any atom is 0.357 e. The van der Waals surface area contributed by atoms with E-state index in [4.69, 9.17) is 16.3 Å². The maximum atomic E-state index is 12.3. The van der Waals surface area contributed by atoms with E-state index in [0.29, 0.717) is 5.02 Å². The second-order valence-corrected chi connectivity index (χ2v) is 5.37. The van der Waals surface area contributed by atoms with Crippen molar-refractivity contribution in [2.24, 2.45) is 0 Å². The summed E-state index contributed by atoms with van der Waals surface area (Å²) in [6.07, 6.45) is -0.436. The van der Waals surface area contributed by atoms with Crippen molar-refractivity contribution >= 4 is 28.5 Å². The average molecular weight is 312 g/mol. The van der Waals surface area contributed by atoms with E-state index >= 15 is 0 Å². The van der Waals surface area contributed by atoms with Crippen LogP contribution in [0, 0.1) is 0 Å². The number of carbonyl (C=O) groups excluding carboxylic acids is 1. The van der Waals surface area contributed by atoms with Crippen molar-refractivity contribution in [3.05, 3.63) is 76.9 Å². The SMILES string of the molecule is CC(OC(=O)c1ccc2ccccc2n1)c1ccccc1Cl. The molecule has 0 radical (unpaired) electrons. The van der Waals surface area contributed by atoms with Gasteiger partial charge in [0.15, 0.2) is 0 Å². The molecule has 0 spiro atoms. The molecule has 1 atom stereocenters. The lowest BCUT2D eigenvalue weighted by molar-refractivity contribution is 0.0331. The number of ether oxygens (including phenoxy) is 1. The lowest BCUT2D eigenvalue weighted by Crippen LogP contribution is -2.11. The Balaban J connectivity index is 1.82. The Morgan fingerprint density at radius 1 is 1.05 bits per heavy atom. The van der Waals surface area contributed by atoms with Gasteiger partial charge in [-0.15, -0.1) is 0 Å². The van der Waals surface area contributed by atoms with E-state index in [1.807, 2.05) is 48.5 Å². The number of esters is 1. The number of halogens is 1. The van der Waals surface area contributed by atoms with Gasteiger partial charge in [0.25, 0.3) is 0 Å². The van der Waals surface area contributed by atoms with Crippen LogP contribution in [0.1, 0.15) is 29.1 Å². The van der Waals surface area contributed by atoms with Crippen molar-refractivity contribution in [2.75, 3.05) is 0 Å². The smallest absolute Gasteiger partial charge is 0.357 e. The van der Waals surface area contributed by atoms with Crippen molar-refractivity contribution in [3.63, 3.8) is 0 Å². The molecule has 0 N–H and O–H groups in total. The molecule has 0 amide bonds. The van der Waals surface area contributed by atoms with E-state index in [9.17, 15) is 4.79 Å². The van der Waals surface area contributed by atoms with Gasteiger partial charge in [0.1, 0.15) is 11.8 Å². The highest BCUT2D eigenvalue weighted by Crippen LogP contribution is 2.25. The van der Waals surface area contributed by atoms with Crippen molar-refractivity contribution in [3.8, 4) is 0 Å². The summed E-state index contributed by atoms with van der Waals surface area (Å²) in [7, 11) is 0. The van der Waals surface area contributed by atoms with Crippen LogP contribution in [0.2, 0.25) is 5.02 Å². The van der Waals surface area contributed by atoms with E-state index in [0.717, 1.165) is 16.5 Å². The highest BCUT2D eigenvalue weighted by atomic mass is 35.5. The van der Waals surface area contributed by atoms with Crippen LogP contribution in [0.5, 0.6) is 0 Å². The molecule has 0 saturated heterocycles. The van der Waals surface area contributed by atoms with Crippen LogP contribution in [-0.4, -0.2) is 11.0 Å². The normalized spacial score (nSPS) is 12.1. The number of para-hydroxylation sites is 1. The van der Waals surface area contributed by atoms with Crippen LogP contribution in [0.25, 0.3) is 10.9 Å². The minimum absolute atomic E-state index is 0.289. The fraction of sp³-hybridized carbons (Fsp3) is 0.111. The van der Waals surface area contributed by atoms with Gasteiger partial charge in [-0.1, -0.05) is 54.1 Å². The molecule has 0 aliphatic carbocycles. The van der Waals surface area contributed by atoms with E-state index in [1.54, 1.807) is 19.1 Å². The molecular weight excluding hydrogens is 298 g/mol. The second-order valence-electron chi connectivity index (χ2n) is 4.96. The summed E-state index contributed by atoms with van der Waals surface area (Å²) in [6, 6.07) is 18.5. The molecule has 0 bridgehead atoms. The van der Waals surface area contributed by atoms with Crippen molar-refractivity contribution in [1.82, 2.24) is 4.98 Å².